The van der Waals surface area contributed by atoms with Crippen LogP contribution in [0.3, 0.4) is 0 Å². The van der Waals surface area contributed by atoms with Crippen molar-refractivity contribution in [2.24, 2.45) is 0 Å². The van der Waals surface area contributed by atoms with Crippen molar-refractivity contribution in [1.29, 1.82) is 0 Å². The molecule has 0 unspecified atom stereocenters. The average molecular weight is 207 g/mol. The van der Waals surface area contributed by atoms with Crippen LogP contribution in [0.25, 0.3) is 0 Å². The fourth-order valence-corrected chi connectivity index (χ4v) is 1.58. The Morgan fingerprint density at radius 1 is 1.43 bits per heavy atom. The van der Waals surface area contributed by atoms with Gasteiger partial charge >= 0.3 is 0 Å². The minimum atomic E-state index is 0.678. The Hall–Kier alpha value is -1.28. The van der Waals surface area contributed by atoms with Gasteiger partial charge in [-0.15, -0.1) is 0 Å². The molecule has 2 nitrogen and oxygen atoms in total. The summed E-state index contributed by atoms with van der Waals surface area (Å²) in [5.74, 6) is 0. The Morgan fingerprint density at radius 3 is 2.93 bits per heavy atom. The maximum Gasteiger partial charge on any atom is 0.0785 e. The van der Waals surface area contributed by atoms with E-state index in [0.717, 1.165) is 6.54 Å². The Morgan fingerprint density at radius 2 is 2.29 bits per heavy atom. The third-order valence-corrected chi connectivity index (χ3v) is 2.22. The molecule has 0 N–H and O–H groups in total. The molecule has 72 valence electrons. The highest BCUT2D eigenvalue weighted by Crippen LogP contribution is 2.09. The summed E-state index contributed by atoms with van der Waals surface area (Å²) >= 11 is 5.77. The summed E-state index contributed by atoms with van der Waals surface area (Å²) in [5.41, 5.74) is 2.51. The van der Waals surface area contributed by atoms with Gasteiger partial charge in [0.15, 0.2) is 0 Å². The zero-order valence-corrected chi connectivity index (χ0v) is 8.70. The summed E-state index contributed by atoms with van der Waals surface area (Å²) in [5, 5.41) is 4.80. The summed E-state index contributed by atoms with van der Waals surface area (Å²) in [6.45, 7) is 2.86. The number of aromatic nitrogens is 2. The topological polar surface area (TPSA) is 17.8 Å². The Kier molecular flexibility index (Phi) is 2.55. The molecule has 0 radical (unpaired) electrons. The molecule has 1 aromatic carbocycles. The van der Waals surface area contributed by atoms with Crippen LogP contribution in [0.4, 0.5) is 0 Å². The SMILES string of the molecule is Cc1cccc(Cn2cc(Cl)cn2)c1. The van der Waals surface area contributed by atoms with Crippen LogP contribution in [0.5, 0.6) is 0 Å². The van der Waals surface area contributed by atoms with Crippen molar-refractivity contribution in [2.75, 3.05) is 0 Å². The standard InChI is InChI=1S/C11H11ClN2/c1-9-3-2-4-10(5-9)7-14-8-11(12)6-13-14/h2-6,8H,7H2,1H3. The maximum absolute atomic E-state index is 5.77. The third kappa shape index (κ3) is 2.15. The second-order valence-corrected chi connectivity index (χ2v) is 3.78. The van der Waals surface area contributed by atoms with E-state index < -0.39 is 0 Å². The first-order chi connectivity index (χ1) is 6.74. The summed E-state index contributed by atoms with van der Waals surface area (Å²) < 4.78 is 1.83. The van der Waals surface area contributed by atoms with Gasteiger partial charge in [0.25, 0.3) is 0 Å². The van der Waals surface area contributed by atoms with E-state index in [0.29, 0.717) is 5.02 Å². The number of nitrogens with zero attached hydrogens (tertiary/aromatic N) is 2. The van der Waals surface area contributed by atoms with Crippen LogP contribution < -0.4 is 0 Å². The molecule has 0 atom stereocenters. The molecule has 1 heterocycles. The zero-order chi connectivity index (χ0) is 9.97. The molecule has 2 aromatic rings. The molecule has 0 fully saturated rings. The van der Waals surface area contributed by atoms with Crippen molar-refractivity contribution in [1.82, 2.24) is 9.78 Å². The van der Waals surface area contributed by atoms with Crippen LogP contribution in [0.2, 0.25) is 5.02 Å². The number of hydrogen-bond acceptors (Lipinski definition) is 1. The first-order valence-electron chi connectivity index (χ1n) is 4.47. The first kappa shape index (κ1) is 9.28. The molecule has 14 heavy (non-hydrogen) atoms. The number of halogens is 1. The van der Waals surface area contributed by atoms with Gasteiger partial charge in [-0.2, -0.15) is 5.10 Å². The summed E-state index contributed by atoms with van der Waals surface area (Å²) in [6.07, 6.45) is 3.47. The van der Waals surface area contributed by atoms with Gasteiger partial charge in [0, 0.05) is 6.20 Å². The monoisotopic (exact) mass is 206 g/mol. The lowest BCUT2D eigenvalue weighted by Gasteiger charge is -2.02. The minimum absolute atomic E-state index is 0.678. The second-order valence-electron chi connectivity index (χ2n) is 3.35. The van der Waals surface area contributed by atoms with E-state index in [4.69, 9.17) is 11.6 Å². The van der Waals surface area contributed by atoms with Gasteiger partial charge in [-0.1, -0.05) is 41.4 Å². The molecule has 3 heteroatoms. The quantitative estimate of drug-likeness (QED) is 0.739. The van der Waals surface area contributed by atoms with E-state index in [1.54, 1.807) is 6.20 Å². The summed E-state index contributed by atoms with van der Waals surface area (Å²) in [4.78, 5) is 0. The smallest absolute Gasteiger partial charge is 0.0785 e. The Bertz CT molecular complexity index is 434. The molecular weight excluding hydrogens is 196 g/mol. The molecule has 0 aliphatic carbocycles. The van der Waals surface area contributed by atoms with E-state index in [1.807, 2.05) is 10.9 Å². The molecule has 0 bridgehead atoms. The van der Waals surface area contributed by atoms with Gasteiger partial charge in [-0.25, -0.2) is 0 Å². The summed E-state index contributed by atoms with van der Waals surface area (Å²) in [7, 11) is 0. The molecule has 0 aliphatic rings. The van der Waals surface area contributed by atoms with Crippen molar-refractivity contribution in [2.45, 2.75) is 13.5 Å². The summed E-state index contributed by atoms with van der Waals surface area (Å²) in [6, 6.07) is 8.37. The minimum Gasteiger partial charge on any atom is -0.267 e. The van der Waals surface area contributed by atoms with Gasteiger partial charge in [-0.05, 0) is 12.5 Å². The molecule has 0 aliphatic heterocycles. The molecule has 0 saturated carbocycles. The first-order valence-corrected chi connectivity index (χ1v) is 4.85. The van der Waals surface area contributed by atoms with Crippen LogP contribution in [0.15, 0.2) is 36.7 Å². The van der Waals surface area contributed by atoms with Gasteiger partial charge in [0.1, 0.15) is 0 Å². The van der Waals surface area contributed by atoms with Crippen molar-refractivity contribution in [3.8, 4) is 0 Å². The van der Waals surface area contributed by atoms with Crippen molar-refractivity contribution in [3.63, 3.8) is 0 Å². The van der Waals surface area contributed by atoms with E-state index in [-0.39, 0.29) is 0 Å². The maximum atomic E-state index is 5.77. The van der Waals surface area contributed by atoms with Crippen LogP contribution in [0.1, 0.15) is 11.1 Å². The third-order valence-electron chi connectivity index (χ3n) is 2.03. The fraction of sp³-hybridized carbons (Fsp3) is 0.182. The fourth-order valence-electron chi connectivity index (χ4n) is 1.42. The lowest BCUT2D eigenvalue weighted by atomic mass is 10.1. The highest BCUT2D eigenvalue weighted by atomic mass is 35.5. The van der Waals surface area contributed by atoms with Crippen LogP contribution >= 0.6 is 11.6 Å². The van der Waals surface area contributed by atoms with Gasteiger partial charge in [0.2, 0.25) is 0 Å². The van der Waals surface area contributed by atoms with Crippen LogP contribution in [0, 0.1) is 6.92 Å². The molecule has 0 amide bonds. The number of hydrogen-bond donors (Lipinski definition) is 0. The Balaban J connectivity index is 2.18. The van der Waals surface area contributed by atoms with Crippen molar-refractivity contribution >= 4 is 11.6 Å². The predicted molar refractivity (Wildman–Crippen MR) is 57.5 cm³/mol. The van der Waals surface area contributed by atoms with Crippen molar-refractivity contribution < 1.29 is 0 Å². The van der Waals surface area contributed by atoms with E-state index in [1.165, 1.54) is 11.1 Å². The van der Waals surface area contributed by atoms with E-state index >= 15 is 0 Å². The molecule has 1 aromatic heterocycles. The van der Waals surface area contributed by atoms with Gasteiger partial charge in [0.05, 0.1) is 17.8 Å². The number of aryl methyl sites for hydroxylation is 1. The van der Waals surface area contributed by atoms with Crippen LogP contribution in [-0.2, 0) is 6.54 Å². The predicted octanol–water partition coefficient (Wildman–Crippen LogP) is 2.89. The largest absolute Gasteiger partial charge is 0.267 e. The number of benzene rings is 1. The molecule has 2 rings (SSSR count). The van der Waals surface area contributed by atoms with Gasteiger partial charge < -0.3 is 0 Å². The zero-order valence-electron chi connectivity index (χ0n) is 7.94. The van der Waals surface area contributed by atoms with E-state index in [2.05, 4.69) is 36.3 Å². The number of rotatable bonds is 2. The molecular formula is C11H11ClN2. The molecule has 0 spiro atoms. The van der Waals surface area contributed by atoms with Crippen LogP contribution in [-0.4, -0.2) is 9.78 Å². The van der Waals surface area contributed by atoms with E-state index in [9.17, 15) is 0 Å². The van der Waals surface area contributed by atoms with Gasteiger partial charge in [-0.3, -0.25) is 4.68 Å². The normalized spacial score (nSPS) is 10.4. The second kappa shape index (κ2) is 3.84. The average Bonchev–Trinajstić information content (AvgIpc) is 2.51. The molecule has 0 saturated heterocycles. The lowest BCUT2D eigenvalue weighted by Crippen LogP contribution is -1.99. The highest BCUT2D eigenvalue weighted by Gasteiger charge is 1.97. The highest BCUT2D eigenvalue weighted by molar-refractivity contribution is 6.30. The van der Waals surface area contributed by atoms with Crippen molar-refractivity contribution in [3.05, 3.63) is 52.8 Å². The Labute approximate surface area is 88.1 Å². The lowest BCUT2D eigenvalue weighted by molar-refractivity contribution is 0.686.